The molecule has 2 aliphatic rings. The van der Waals surface area contributed by atoms with E-state index in [1.807, 2.05) is 10.7 Å². The maximum atomic E-state index is 12.7. The van der Waals surface area contributed by atoms with Crippen LogP contribution >= 0.6 is 0 Å². The summed E-state index contributed by atoms with van der Waals surface area (Å²) in [5.41, 5.74) is 1.61. The Bertz CT molecular complexity index is 583. The zero-order chi connectivity index (χ0) is 17.3. The van der Waals surface area contributed by atoms with Gasteiger partial charge in [-0.15, -0.1) is 0 Å². The lowest BCUT2D eigenvalue weighted by atomic mass is 10.0. The van der Waals surface area contributed by atoms with E-state index in [0.29, 0.717) is 18.2 Å². The Hall–Kier alpha value is -1.36. The fraction of sp³-hybridized carbons (Fsp3) is 0.789. The fourth-order valence-corrected chi connectivity index (χ4v) is 3.56. The fourth-order valence-electron chi connectivity index (χ4n) is 3.56. The van der Waals surface area contributed by atoms with E-state index in [9.17, 15) is 4.79 Å². The maximum Gasteiger partial charge on any atom is 0.269 e. The van der Waals surface area contributed by atoms with E-state index in [1.54, 1.807) is 0 Å². The van der Waals surface area contributed by atoms with Crippen molar-refractivity contribution in [3.63, 3.8) is 0 Å². The summed E-state index contributed by atoms with van der Waals surface area (Å²) in [5, 5.41) is 7.82. The standard InChI is InChI=1S/C19H32N4O/c1-14-6-5-10-22(13-14)11-9-20-18(24)17-12-16(15-7-8-15)21-23(17)19(2,3)4/h12,14-15H,5-11,13H2,1-4H3,(H,20,24). The molecular formula is C19H32N4O. The summed E-state index contributed by atoms with van der Waals surface area (Å²) in [4.78, 5) is 15.1. The Kier molecular flexibility index (Phi) is 5.00. The Labute approximate surface area is 145 Å². The molecule has 1 amide bonds. The largest absolute Gasteiger partial charge is 0.349 e. The van der Waals surface area contributed by atoms with Gasteiger partial charge in [0.1, 0.15) is 5.69 Å². The molecule has 3 rings (SSSR count). The van der Waals surface area contributed by atoms with Gasteiger partial charge >= 0.3 is 0 Å². The van der Waals surface area contributed by atoms with E-state index < -0.39 is 0 Å². The van der Waals surface area contributed by atoms with Crippen molar-refractivity contribution in [2.75, 3.05) is 26.2 Å². The average molecular weight is 332 g/mol. The van der Waals surface area contributed by atoms with Gasteiger partial charge in [0.25, 0.3) is 5.91 Å². The Morgan fingerprint density at radius 3 is 2.71 bits per heavy atom. The molecule has 134 valence electrons. The van der Waals surface area contributed by atoms with Gasteiger partial charge in [-0.2, -0.15) is 5.10 Å². The molecule has 1 aromatic heterocycles. The summed E-state index contributed by atoms with van der Waals surface area (Å²) < 4.78 is 1.90. The maximum absolute atomic E-state index is 12.7. The second-order valence-corrected chi connectivity index (χ2v) is 8.62. The quantitative estimate of drug-likeness (QED) is 0.902. The smallest absolute Gasteiger partial charge is 0.269 e. The van der Waals surface area contributed by atoms with Crippen LogP contribution in [0.4, 0.5) is 0 Å². The van der Waals surface area contributed by atoms with Crippen LogP contribution in [0, 0.1) is 5.92 Å². The van der Waals surface area contributed by atoms with Crippen molar-refractivity contribution >= 4 is 5.91 Å². The molecular weight excluding hydrogens is 300 g/mol. The molecule has 1 aromatic rings. The Morgan fingerprint density at radius 1 is 1.33 bits per heavy atom. The molecule has 1 unspecified atom stereocenters. The lowest BCUT2D eigenvalue weighted by Gasteiger charge is -2.30. The monoisotopic (exact) mass is 332 g/mol. The van der Waals surface area contributed by atoms with Crippen LogP contribution in [0.5, 0.6) is 0 Å². The zero-order valence-electron chi connectivity index (χ0n) is 15.6. The van der Waals surface area contributed by atoms with Gasteiger partial charge in [-0.05, 0) is 65.0 Å². The van der Waals surface area contributed by atoms with Crippen molar-refractivity contribution in [1.29, 1.82) is 0 Å². The molecule has 5 heteroatoms. The summed E-state index contributed by atoms with van der Waals surface area (Å²) in [6.07, 6.45) is 5.01. The highest BCUT2D eigenvalue weighted by atomic mass is 16.2. The molecule has 0 aromatic carbocycles. The second-order valence-electron chi connectivity index (χ2n) is 8.62. The number of likely N-dealkylation sites (tertiary alicyclic amines) is 1. The highest BCUT2D eigenvalue weighted by Crippen LogP contribution is 2.40. The van der Waals surface area contributed by atoms with Gasteiger partial charge in [-0.3, -0.25) is 9.48 Å². The van der Waals surface area contributed by atoms with Gasteiger partial charge < -0.3 is 10.2 Å². The zero-order valence-corrected chi connectivity index (χ0v) is 15.6. The van der Waals surface area contributed by atoms with Gasteiger partial charge in [0, 0.05) is 25.6 Å². The second kappa shape index (κ2) is 6.87. The third kappa shape index (κ3) is 4.18. The molecule has 0 radical (unpaired) electrons. The number of carbonyl (C=O) groups is 1. The predicted molar refractivity (Wildman–Crippen MR) is 96.4 cm³/mol. The molecule has 5 nitrogen and oxygen atoms in total. The van der Waals surface area contributed by atoms with E-state index in [1.165, 1.54) is 25.7 Å². The lowest BCUT2D eigenvalue weighted by molar-refractivity contribution is 0.0925. The minimum absolute atomic E-state index is 0.00869. The predicted octanol–water partition coefficient (Wildman–Crippen LogP) is 2.98. The van der Waals surface area contributed by atoms with Crippen molar-refractivity contribution < 1.29 is 4.79 Å². The molecule has 1 saturated carbocycles. The van der Waals surface area contributed by atoms with Crippen LogP contribution in [0.2, 0.25) is 0 Å². The number of amides is 1. The number of hydrogen-bond donors (Lipinski definition) is 1. The number of nitrogens with zero attached hydrogens (tertiary/aromatic N) is 3. The van der Waals surface area contributed by atoms with Crippen LogP contribution in [-0.4, -0.2) is 46.8 Å². The van der Waals surface area contributed by atoms with Crippen LogP contribution in [0.15, 0.2) is 6.07 Å². The van der Waals surface area contributed by atoms with Crippen molar-refractivity contribution in [2.24, 2.45) is 5.92 Å². The summed E-state index contributed by atoms with van der Waals surface area (Å²) in [7, 11) is 0. The molecule has 2 fully saturated rings. The SMILES string of the molecule is CC1CCCN(CCNC(=O)c2cc(C3CC3)nn2C(C)(C)C)C1. The van der Waals surface area contributed by atoms with E-state index >= 15 is 0 Å². The van der Waals surface area contributed by atoms with Crippen LogP contribution in [0.3, 0.4) is 0 Å². The van der Waals surface area contributed by atoms with Crippen LogP contribution in [0.1, 0.15) is 75.5 Å². The summed E-state index contributed by atoms with van der Waals surface area (Å²) in [6.45, 7) is 12.6. The van der Waals surface area contributed by atoms with Crippen molar-refractivity contribution in [2.45, 2.75) is 64.8 Å². The molecule has 1 atom stereocenters. The molecule has 0 bridgehead atoms. The van der Waals surface area contributed by atoms with Gasteiger partial charge in [-0.1, -0.05) is 6.92 Å². The van der Waals surface area contributed by atoms with Crippen LogP contribution in [-0.2, 0) is 5.54 Å². The van der Waals surface area contributed by atoms with Gasteiger partial charge in [0.15, 0.2) is 0 Å². The molecule has 1 N–H and O–H groups in total. The van der Waals surface area contributed by atoms with Crippen molar-refractivity contribution in [1.82, 2.24) is 20.0 Å². The summed E-state index contributed by atoms with van der Waals surface area (Å²) in [6, 6.07) is 2.00. The molecule has 0 spiro atoms. The molecule has 2 heterocycles. The van der Waals surface area contributed by atoms with Crippen molar-refractivity contribution in [3.8, 4) is 0 Å². The highest BCUT2D eigenvalue weighted by Gasteiger charge is 2.31. The van der Waals surface area contributed by atoms with E-state index in [-0.39, 0.29) is 11.4 Å². The Balaban J connectivity index is 1.60. The van der Waals surface area contributed by atoms with E-state index in [2.05, 4.69) is 37.9 Å². The highest BCUT2D eigenvalue weighted by molar-refractivity contribution is 5.92. The molecule has 1 aliphatic heterocycles. The third-order valence-electron chi connectivity index (χ3n) is 5.05. The third-order valence-corrected chi connectivity index (χ3v) is 5.05. The first-order valence-electron chi connectivity index (χ1n) is 9.45. The van der Waals surface area contributed by atoms with Crippen LogP contribution in [0.25, 0.3) is 0 Å². The average Bonchev–Trinajstić information content (AvgIpc) is 3.24. The van der Waals surface area contributed by atoms with E-state index in [4.69, 9.17) is 5.10 Å². The molecule has 1 aliphatic carbocycles. The number of carbonyl (C=O) groups excluding carboxylic acids is 1. The minimum atomic E-state index is -0.178. The van der Waals surface area contributed by atoms with Gasteiger partial charge in [0.2, 0.25) is 0 Å². The normalized spacial score (nSPS) is 22.6. The van der Waals surface area contributed by atoms with Crippen LogP contribution < -0.4 is 5.32 Å². The minimum Gasteiger partial charge on any atom is -0.349 e. The first-order valence-corrected chi connectivity index (χ1v) is 9.45. The number of hydrogen-bond acceptors (Lipinski definition) is 3. The topological polar surface area (TPSA) is 50.2 Å². The first kappa shape index (κ1) is 17.5. The number of nitrogens with one attached hydrogen (secondary N) is 1. The molecule has 24 heavy (non-hydrogen) atoms. The number of piperidine rings is 1. The Morgan fingerprint density at radius 2 is 2.08 bits per heavy atom. The summed E-state index contributed by atoms with van der Waals surface area (Å²) >= 11 is 0. The molecule has 1 saturated heterocycles. The first-order chi connectivity index (χ1) is 11.3. The van der Waals surface area contributed by atoms with E-state index in [0.717, 1.165) is 31.2 Å². The van der Waals surface area contributed by atoms with Crippen molar-refractivity contribution in [3.05, 3.63) is 17.5 Å². The van der Waals surface area contributed by atoms with Gasteiger partial charge in [0.05, 0.1) is 11.2 Å². The lowest BCUT2D eigenvalue weighted by Crippen LogP contribution is -2.41. The number of rotatable bonds is 5. The number of aromatic nitrogens is 2. The van der Waals surface area contributed by atoms with Gasteiger partial charge in [-0.25, -0.2) is 0 Å². The summed E-state index contributed by atoms with van der Waals surface area (Å²) in [5.74, 6) is 1.35.